The minimum atomic E-state index is 0.901. The van der Waals surface area contributed by atoms with E-state index in [4.69, 9.17) is 0 Å². The molecule has 0 radical (unpaired) electrons. The maximum absolute atomic E-state index is 4.04. The predicted octanol–water partition coefficient (Wildman–Crippen LogP) is 5.31. The smallest absolute Gasteiger partial charge is 0.0190 e. The number of hydrogen-bond acceptors (Lipinski definition) is 0. The van der Waals surface area contributed by atoms with Gasteiger partial charge >= 0.3 is 0 Å². The second kappa shape index (κ2) is 8.35. The van der Waals surface area contributed by atoms with Crippen molar-refractivity contribution in [2.45, 2.75) is 20.8 Å². The van der Waals surface area contributed by atoms with E-state index in [1.165, 1.54) is 5.57 Å². The van der Waals surface area contributed by atoms with Gasteiger partial charge in [0.15, 0.2) is 0 Å². The lowest BCUT2D eigenvalue weighted by Gasteiger charge is -2.06. The molecular weight excluding hydrogens is 204 g/mol. The summed E-state index contributed by atoms with van der Waals surface area (Å²) < 4.78 is 0. The SMILES string of the molecule is C=C/C(=C\C=C/C)C(=C)C(=C)/C=C\C(C)=C\C. The van der Waals surface area contributed by atoms with Crippen LogP contribution in [0, 0.1) is 0 Å². The first-order chi connectivity index (χ1) is 8.06. The summed E-state index contributed by atoms with van der Waals surface area (Å²) in [5.74, 6) is 0. The van der Waals surface area contributed by atoms with Gasteiger partial charge < -0.3 is 0 Å². The van der Waals surface area contributed by atoms with Crippen molar-refractivity contribution < 1.29 is 0 Å². The minimum absolute atomic E-state index is 0.901. The van der Waals surface area contributed by atoms with Crippen molar-refractivity contribution in [3.63, 3.8) is 0 Å². The molecule has 0 heterocycles. The third-order valence-corrected chi connectivity index (χ3v) is 2.43. The topological polar surface area (TPSA) is 0 Å². The lowest BCUT2D eigenvalue weighted by molar-refractivity contribution is 1.44. The zero-order chi connectivity index (χ0) is 13.3. The minimum Gasteiger partial charge on any atom is -0.0984 e. The Bertz CT molecular complexity index is 409. The summed E-state index contributed by atoms with van der Waals surface area (Å²) in [5.41, 5.74) is 4.01. The summed E-state index contributed by atoms with van der Waals surface area (Å²) in [7, 11) is 0. The van der Waals surface area contributed by atoms with Crippen LogP contribution < -0.4 is 0 Å². The maximum Gasteiger partial charge on any atom is -0.0190 e. The maximum atomic E-state index is 4.04. The van der Waals surface area contributed by atoms with Gasteiger partial charge in [0.05, 0.1) is 0 Å². The first-order valence-electron chi connectivity index (χ1n) is 5.71. The Hall–Kier alpha value is -1.82. The van der Waals surface area contributed by atoms with Gasteiger partial charge in [0.25, 0.3) is 0 Å². The van der Waals surface area contributed by atoms with Crippen molar-refractivity contribution in [3.05, 3.63) is 84.6 Å². The van der Waals surface area contributed by atoms with Crippen LogP contribution >= 0.6 is 0 Å². The summed E-state index contributed by atoms with van der Waals surface area (Å²) in [6.07, 6.45) is 13.8. The van der Waals surface area contributed by atoms with Gasteiger partial charge in [0.2, 0.25) is 0 Å². The quantitative estimate of drug-likeness (QED) is 0.538. The average molecular weight is 226 g/mol. The van der Waals surface area contributed by atoms with E-state index in [9.17, 15) is 0 Å². The number of allylic oxidation sites excluding steroid dienone is 11. The van der Waals surface area contributed by atoms with Gasteiger partial charge in [-0.3, -0.25) is 0 Å². The second-order valence-corrected chi connectivity index (χ2v) is 3.72. The van der Waals surface area contributed by atoms with Crippen molar-refractivity contribution in [2.24, 2.45) is 0 Å². The van der Waals surface area contributed by atoms with Gasteiger partial charge in [0.1, 0.15) is 0 Å². The highest BCUT2D eigenvalue weighted by atomic mass is 14.0. The Morgan fingerprint density at radius 2 is 1.71 bits per heavy atom. The van der Waals surface area contributed by atoms with Crippen LogP contribution in [0.2, 0.25) is 0 Å². The Labute approximate surface area is 106 Å². The van der Waals surface area contributed by atoms with Gasteiger partial charge in [-0.25, -0.2) is 0 Å². The van der Waals surface area contributed by atoms with E-state index >= 15 is 0 Å². The van der Waals surface area contributed by atoms with Gasteiger partial charge in [-0.15, -0.1) is 0 Å². The first-order valence-corrected chi connectivity index (χ1v) is 5.71. The summed E-state index contributed by atoms with van der Waals surface area (Å²) in [6, 6.07) is 0. The van der Waals surface area contributed by atoms with E-state index in [1.54, 1.807) is 6.08 Å². The van der Waals surface area contributed by atoms with Gasteiger partial charge in [0, 0.05) is 0 Å². The molecule has 0 fully saturated rings. The van der Waals surface area contributed by atoms with E-state index < -0.39 is 0 Å². The van der Waals surface area contributed by atoms with Crippen LogP contribution in [0.25, 0.3) is 0 Å². The molecule has 0 aromatic carbocycles. The molecule has 0 unspecified atom stereocenters. The van der Waals surface area contributed by atoms with E-state index in [2.05, 4.69) is 32.7 Å². The highest BCUT2D eigenvalue weighted by molar-refractivity contribution is 5.54. The largest absolute Gasteiger partial charge is 0.0984 e. The summed E-state index contributed by atoms with van der Waals surface area (Å²) in [6.45, 7) is 17.9. The molecule has 0 aliphatic rings. The third kappa shape index (κ3) is 5.72. The van der Waals surface area contributed by atoms with Crippen molar-refractivity contribution in [1.29, 1.82) is 0 Å². The normalized spacial score (nSPS) is 13.4. The molecule has 0 aliphatic heterocycles. The summed E-state index contributed by atoms with van der Waals surface area (Å²) in [4.78, 5) is 0. The lowest BCUT2D eigenvalue weighted by Crippen LogP contribution is -1.86. The van der Waals surface area contributed by atoms with Crippen LogP contribution in [-0.4, -0.2) is 0 Å². The molecule has 0 heteroatoms. The molecule has 0 amide bonds. The van der Waals surface area contributed by atoms with Crippen LogP contribution in [0.15, 0.2) is 84.6 Å². The van der Waals surface area contributed by atoms with Gasteiger partial charge in [-0.1, -0.05) is 67.8 Å². The molecule has 17 heavy (non-hydrogen) atoms. The van der Waals surface area contributed by atoms with Gasteiger partial charge in [-0.05, 0) is 37.5 Å². The molecule has 0 spiro atoms. The predicted molar refractivity (Wildman–Crippen MR) is 79.9 cm³/mol. The fraction of sp³-hybridized carbons (Fsp3) is 0.176. The lowest BCUT2D eigenvalue weighted by atomic mass is 9.99. The van der Waals surface area contributed by atoms with Crippen LogP contribution in [0.4, 0.5) is 0 Å². The van der Waals surface area contributed by atoms with Crippen LogP contribution in [-0.2, 0) is 0 Å². The molecule has 0 aromatic rings. The first kappa shape index (κ1) is 15.2. The zero-order valence-corrected chi connectivity index (χ0v) is 11.2. The van der Waals surface area contributed by atoms with E-state index in [0.717, 1.165) is 16.7 Å². The van der Waals surface area contributed by atoms with Crippen LogP contribution in [0.3, 0.4) is 0 Å². The molecule has 0 bridgehead atoms. The molecule has 0 aliphatic carbocycles. The molecule has 0 atom stereocenters. The zero-order valence-electron chi connectivity index (χ0n) is 11.2. The Kier molecular flexibility index (Phi) is 7.45. The Morgan fingerprint density at radius 1 is 1.06 bits per heavy atom. The number of hydrogen-bond donors (Lipinski definition) is 0. The van der Waals surface area contributed by atoms with Crippen molar-refractivity contribution in [3.8, 4) is 0 Å². The van der Waals surface area contributed by atoms with E-state index in [0.29, 0.717) is 0 Å². The van der Waals surface area contributed by atoms with Crippen molar-refractivity contribution in [1.82, 2.24) is 0 Å². The third-order valence-electron chi connectivity index (χ3n) is 2.43. The summed E-state index contributed by atoms with van der Waals surface area (Å²) >= 11 is 0. The summed E-state index contributed by atoms with van der Waals surface area (Å²) in [5, 5.41) is 0. The molecule has 0 N–H and O–H groups in total. The highest BCUT2D eigenvalue weighted by Gasteiger charge is 1.99. The molecule has 0 saturated carbocycles. The fourth-order valence-corrected chi connectivity index (χ4v) is 1.11. The molecule has 0 nitrogen and oxygen atoms in total. The van der Waals surface area contributed by atoms with E-state index in [-0.39, 0.29) is 0 Å². The van der Waals surface area contributed by atoms with Crippen molar-refractivity contribution >= 4 is 0 Å². The molecule has 90 valence electrons. The molecule has 0 aromatic heterocycles. The Balaban J connectivity index is 4.87. The van der Waals surface area contributed by atoms with Crippen LogP contribution in [0.1, 0.15) is 20.8 Å². The van der Waals surface area contributed by atoms with E-state index in [1.807, 2.05) is 44.2 Å². The molecule has 0 rings (SSSR count). The van der Waals surface area contributed by atoms with Gasteiger partial charge in [-0.2, -0.15) is 0 Å². The monoisotopic (exact) mass is 226 g/mol. The highest BCUT2D eigenvalue weighted by Crippen LogP contribution is 2.18. The standard InChI is InChI=1S/C17H22/c1-7-10-11-17(9-3)16(6)15(5)13-12-14(4)8-2/h7-13H,3,5-6H2,1-2,4H3/b10-7-,13-12-,14-8+,17-11+. The van der Waals surface area contributed by atoms with Crippen LogP contribution in [0.5, 0.6) is 0 Å². The molecular formula is C17H22. The number of rotatable bonds is 6. The fourth-order valence-electron chi connectivity index (χ4n) is 1.11. The second-order valence-electron chi connectivity index (χ2n) is 3.72. The average Bonchev–Trinajstić information content (AvgIpc) is 2.35. The Morgan fingerprint density at radius 3 is 2.18 bits per heavy atom. The molecule has 0 saturated heterocycles. The van der Waals surface area contributed by atoms with Crippen molar-refractivity contribution in [2.75, 3.05) is 0 Å².